The summed E-state index contributed by atoms with van der Waals surface area (Å²) in [6.07, 6.45) is 3.68. The van der Waals surface area contributed by atoms with E-state index >= 15 is 0 Å². The van der Waals surface area contributed by atoms with Crippen molar-refractivity contribution in [2.75, 3.05) is 25.5 Å². The maximum Gasteiger partial charge on any atom is 0.337 e. The van der Waals surface area contributed by atoms with Crippen LogP contribution in [0.2, 0.25) is 0 Å². The molecular weight excluding hydrogens is 272 g/mol. The highest BCUT2D eigenvalue weighted by atomic mass is 16.4. The van der Waals surface area contributed by atoms with Crippen LogP contribution in [-0.2, 0) is 0 Å². The molecule has 7 heteroatoms. The van der Waals surface area contributed by atoms with Gasteiger partial charge in [-0.1, -0.05) is 6.92 Å². The Morgan fingerprint density at radius 1 is 1.43 bits per heavy atom. The SMILES string of the molecule is CCC(C)N(C)CCNC(=O)Nc1cncc(C(=O)O)c1. The van der Waals surface area contributed by atoms with Crippen LogP contribution in [0.5, 0.6) is 0 Å². The minimum Gasteiger partial charge on any atom is -0.478 e. The van der Waals surface area contributed by atoms with Gasteiger partial charge in [0, 0.05) is 25.3 Å². The standard InChI is InChI=1S/C14H22N4O3/c1-4-10(2)18(3)6-5-16-14(21)17-12-7-11(13(19)20)8-15-9-12/h7-10H,4-6H2,1-3H3,(H,19,20)(H2,16,17,21). The normalized spacial score (nSPS) is 12.0. The van der Waals surface area contributed by atoms with E-state index in [2.05, 4.69) is 34.4 Å². The molecule has 0 aliphatic rings. The molecule has 0 saturated carbocycles. The lowest BCUT2D eigenvalue weighted by atomic mass is 10.2. The lowest BCUT2D eigenvalue weighted by Crippen LogP contribution is -2.38. The fourth-order valence-corrected chi connectivity index (χ4v) is 1.68. The van der Waals surface area contributed by atoms with Gasteiger partial charge in [0.15, 0.2) is 0 Å². The van der Waals surface area contributed by atoms with Gasteiger partial charge in [-0.15, -0.1) is 0 Å². The number of carbonyl (C=O) groups is 2. The second-order valence-electron chi connectivity index (χ2n) is 4.89. The molecule has 1 rings (SSSR count). The monoisotopic (exact) mass is 294 g/mol. The predicted molar refractivity (Wildman–Crippen MR) is 80.6 cm³/mol. The summed E-state index contributed by atoms with van der Waals surface area (Å²) in [6.45, 7) is 5.50. The number of rotatable bonds is 7. The summed E-state index contributed by atoms with van der Waals surface area (Å²) in [4.78, 5) is 28.4. The van der Waals surface area contributed by atoms with E-state index in [4.69, 9.17) is 5.11 Å². The first-order chi connectivity index (χ1) is 9.93. The lowest BCUT2D eigenvalue weighted by molar-refractivity contribution is 0.0696. The van der Waals surface area contributed by atoms with Crippen molar-refractivity contribution in [2.24, 2.45) is 0 Å². The Kier molecular flexibility index (Phi) is 6.61. The van der Waals surface area contributed by atoms with Crippen LogP contribution in [0.3, 0.4) is 0 Å². The number of urea groups is 1. The molecule has 3 N–H and O–H groups in total. The summed E-state index contributed by atoms with van der Waals surface area (Å²) < 4.78 is 0. The Morgan fingerprint density at radius 2 is 2.14 bits per heavy atom. The minimum absolute atomic E-state index is 0.0318. The Bertz CT molecular complexity index is 493. The van der Waals surface area contributed by atoms with Gasteiger partial charge in [-0.2, -0.15) is 0 Å². The average molecular weight is 294 g/mol. The molecule has 1 atom stereocenters. The number of likely N-dealkylation sites (N-methyl/N-ethyl adjacent to an activating group) is 1. The number of pyridine rings is 1. The second kappa shape index (κ2) is 8.21. The molecule has 1 heterocycles. The highest BCUT2D eigenvalue weighted by molar-refractivity contribution is 5.92. The van der Waals surface area contributed by atoms with E-state index in [1.54, 1.807) is 0 Å². The van der Waals surface area contributed by atoms with Crippen molar-refractivity contribution < 1.29 is 14.7 Å². The molecule has 0 saturated heterocycles. The van der Waals surface area contributed by atoms with Crippen LogP contribution in [0.15, 0.2) is 18.5 Å². The minimum atomic E-state index is -1.08. The molecule has 0 radical (unpaired) electrons. The zero-order chi connectivity index (χ0) is 15.8. The van der Waals surface area contributed by atoms with Gasteiger partial charge < -0.3 is 20.6 Å². The molecule has 2 amide bonds. The van der Waals surface area contributed by atoms with Gasteiger partial charge in [-0.3, -0.25) is 4.98 Å². The van der Waals surface area contributed by atoms with Crippen molar-refractivity contribution in [3.8, 4) is 0 Å². The van der Waals surface area contributed by atoms with Crippen LogP contribution in [0, 0.1) is 0 Å². The van der Waals surface area contributed by atoms with Crippen LogP contribution >= 0.6 is 0 Å². The van der Waals surface area contributed by atoms with Gasteiger partial charge >= 0.3 is 12.0 Å². The Hall–Kier alpha value is -2.15. The molecular formula is C14H22N4O3. The number of carboxylic acid groups (broad SMARTS) is 1. The molecule has 21 heavy (non-hydrogen) atoms. The number of carbonyl (C=O) groups excluding carboxylic acids is 1. The number of anilines is 1. The molecule has 1 aromatic heterocycles. The summed E-state index contributed by atoms with van der Waals surface area (Å²) in [5.41, 5.74) is 0.381. The van der Waals surface area contributed by atoms with E-state index in [1.165, 1.54) is 18.5 Å². The van der Waals surface area contributed by atoms with Crippen LogP contribution in [0.25, 0.3) is 0 Å². The highest BCUT2D eigenvalue weighted by Crippen LogP contribution is 2.08. The Labute approximate surface area is 124 Å². The molecule has 0 spiro atoms. The number of hydrogen-bond donors (Lipinski definition) is 3. The van der Waals surface area contributed by atoms with E-state index in [0.717, 1.165) is 13.0 Å². The summed E-state index contributed by atoms with van der Waals surface area (Å²) in [5.74, 6) is -1.08. The molecule has 0 aromatic carbocycles. The largest absolute Gasteiger partial charge is 0.478 e. The van der Waals surface area contributed by atoms with Crippen molar-refractivity contribution >= 4 is 17.7 Å². The number of hydrogen-bond acceptors (Lipinski definition) is 4. The van der Waals surface area contributed by atoms with Crippen LogP contribution in [0.1, 0.15) is 30.6 Å². The molecule has 1 unspecified atom stereocenters. The molecule has 0 bridgehead atoms. The third kappa shape index (κ3) is 5.78. The lowest BCUT2D eigenvalue weighted by Gasteiger charge is -2.23. The predicted octanol–water partition coefficient (Wildman–Crippen LogP) is 1.63. The molecule has 0 aliphatic heterocycles. The number of aromatic nitrogens is 1. The summed E-state index contributed by atoms with van der Waals surface area (Å²) in [6, 6.07) is 1.45. The van der Waals surface area contributed by atoms with Crippen molar-refractivity contribution in [3.63, 3.8) is 0 Å². The number of aromatic carboxylic acids is 1. The van der Waals surface area contributed by atoms with E-state index in [9.17, 15) is 9.59 Å². The van der Waals surface area contributed by atoms with Gasteiger partial charge in [0.05, 0.1) is 17.4 Å². The fourth-order valence-electron chi connectivity index (χ4n) is 1.68. The quantitative estimate of drug-likeness (QED) is 0.710. The van der Waals surface area contributed by atoms with Crippen LogP contribution in [-0.4, -0.2) is 53.2 Å². The van der Waals surface area contributed by atoms with Gasteiger partial charge in [0.1, 0.15) is 0 Å². The summed E-state index contributed by atoms with van der Waals surface area (Å²) in [7, 11) is 2.01. The molecule has 7 nitrogen and oxygen atoms in total. The first-order valence-electron chi connectivity index (χ1n) is 6.87. The Morgan fingerprint density at radius 3 is 2.76 bits per heavy atom. The number of nitrogens with zero attached hydrogens (tertiary/aromatic N) is 2. The fraction of sp³-hybridized carbons (Fsp3) is 0.500. The smallest absolute Gasteiger partial charge is 0.337 e. The molecule has 116 valence electrons. The zero-order valence-corrected chi connectivity index (χ0v) is 12.6. The van der Waals surface area contributed by atoms with Crippen molar-refractivity contribution in [1.29, 1.82) is 0 Å². The molecule has 0 fully saturated rings. The zero-order valence-electron chi connectivity index (χ0n) is 12.6. The highest BCUT2D eigenvalue weighted by Gasteiger charge is 2.08. The van der Waals surface area contributed by atoms with Crippen molar-refractivity contribution in [3.05, 3.63) is 24.0 Å². The Balaban J connectivity index is 2.40. The second-order valence-corrected chi connectivity index (χ2v) is 4.89. The van der Waals surface area contributed by atoms with Gasteiger partial charge in [-0.25, -0.2) is 9.59 Å². The average Bonchev–Trinajstić information content (AvgIpc) is 2.46. The number of carboxylic acids is 1. The summed E-state index contributed by atoms with van der Waals surface area (Å²) in [5, 5.41) is 14.1. The maximum atomic E-state index is 11.7. The molecule has 1 aromatic rings. The van der Waals surface area contributed by atoms with E-state index in [0.29, 0.717) is 18.3 Å². The van der Waals surface area contributed by atoms with E-state index in [-0.39, 0.29) is 11.6 Å². The maximum absolute atomic E-state index is 11.7. The van der Waals surface area contributed by atoms with E-state index in [1.807, 2.05) is 7.05 Å². The van der Waals surface area contributed by atoms with Gasteiger partial charge in [-0.05, 0) is 26.5 Å². The van der Waals surface area contributed by atoms with E-state index < -0.39 is 5.97 Å². The van der Waals surface area contributed by atoms with Crippen LogP contribution in [0.4, 0.5) is 10.5 Å². The first kappa shape index (κ1) is 16.9. The van der Waals surface area contributed by atoms with Gasteiger partial charge in [0.25, 0.3) is 0 Å². The first-order valence-corrected chi connectivity index (χ1v) is 6.87. The number of nitrogens with one attached hydrogen (secondary N) is 2. The van der Waals surface area contributed by atoms with Crippen molar-refractivity contribution in [1.82, 2.24) is 15.2 Å². The topological polar surface area (TPSA) is 94.6 Å². The summed E-state index contributed by atoms with van der Waals surface area (Å²) >= 11 is 0. The third-order valence-corrected chi connectivity index (χ3v) is 3.34. The third-order valence-electron chi connectivity index (χ3n) is 3.34. The molecule has 0 aliphatic carbocycles. The number of amides is 2. The van der Waals surface area contributed by atoms with Crippen molar-refractivity contribution in [2.45, 2.75) is 26.3 Å². The van der Waals surface area contributed by atoms with Crippen LogP contribution < -0.4 is 10.6 Å². The van der Waals surface area contributed by atoms with Gasteiger partial charge in [0.2, 0.25) is 0 Å².